The lowest BCUT2D eigenvalue weighted by atomic mass is 10.0. The summed E-state index contributed by atoms with van der Waals surface area (Å²) >= 11 is 0. The van der Waals surface area contributed by atoms with E-state index < -0.39 is 0 Å². The highest BCUT2D eigenvalue weighted by Gasteiger charge is 2.13. The molecule has 0 fully saturated rings. The lowest BCUT2D eigenvalue weighted by Crippen LogP contribution is -2.41. The van der Waals surface area contributed by atoms with E-state index in [0.29, 0.717) is 5.92 Å². The first-order chi connectivity index (χ1) is 7.43. The van der Waals surface area contributed by atoms with Crippen LogP contribution in [0.15, 0.2) is 0 Å². The van der Waals surface area contributed by atoms with Crippen molar-refractivity contribution in [1.29, 1.82) is 0 Å². The molecule has 0 saturated heterocycles. The molecule has 0 aliphatic carbocycles. The normalized spacial score (nSPS) is 13.2. The molecule has 4 heteroatoms. The third kappa shape index (κ3) is 8.68. The zero-order valence-electron chi connectivity index (χ0n) is 11.1. The van der Waals surface area contributed by atoms with Gasteiger partial charge in [-0.1, -0.05) is 13.8 Å². The quantitative estimate of drug-likeness (QED) is 0.606. The molecular formula is C12H27N3O. The number of hydrogen-bond donors (Lipinski definition) is 2. The molecule has 0 aromatic rings. The average molecular weight is 229 g/mol. The SMILES string of the molecule is CC(C)C[C@@H](N)C(=O)NCCCCN(C)C. The summed E-state index contributed by atoms with van der Waals surface area (Å²) in [5.74, 6) is 0.452. The third-order valence-corrected chi connectivity index (χ3v) is 2.39. The Morgan fingerprint density at radius 2 is 1.94 bits per heavy atom. The van der Waals surface area contributed by atoms with Gasteiger partial charge in [-0.15, -0.1) is 0 Å². The van der Waals surface area contributed by atoms with Gasteiger partial charge < -0.3 is 16.0 Å². The van der Waals surface area contributed by atoms with Crippen molar-refractivity contribution >= 4 is 5.91 Å². The standard InChI is InChI=1S/C12H27N3O/c1-10(2)9-11(13)12(16)14-7-5-6-8-15(3)4/h10-11H,5-9,13H2,1-4H3,(H,14,16)/t11-/m1/s1. The highest BCUT2D eigenvalue weighted by Crippen LogP contribution is 2.02. The minimum atomic E-state index is -0.353. The maximum Gasteiger partial charge on any atom is 0.236 e. The smallest absolute Gasteiger partial charge is 0.236 e. The molecule has 1 amide bonds. The monoisotopic (exact) mass is 229 g/mol. The van der Waals surface area contributed by atoms with Crippen LogP contribution in [0.4, 0.5) is 0 Å². The molecular weight excluding hydrogens is 202 g/mol. The molecule has 4 nitrogen and oxygen atoms in total. The minimum absolute atomic E-state index is 0.0152. The van der Waals surface area contributed by atoms with Gasteiger partial charge in [0.25, 0.3) is 0 Å². The van der Waals surface area contributed by atoms with Crippen LogP contribution in [-0.4, -0.2) is 44.0 Å². The Bertz CT molecular complexity index is 193. The highest BCUT2D eigenvalue weighted by atomic mass is 16.2. The van der Waals surface area contributed by atoms with Gasteiger partial charge in [-0.3, -0.25) is 4.79 Å². The largest absolute Gasteiger partial charge is 0.355 e. The third-order valence-electron chi connectivity index (χ3n) is 2.39. The van der Waals surface area contributed by atoms with Crippen LogP contribution in [0.2, 0.25) is 0 Å². The molecule has 0 bridgehead atoms. The molecule has 1 atom stereocenters. The molecule has 0 saturated carbocycles. The van der Waals surface area contributed by atoms with Crippen molar-refractivity contribution in [3.8, 4) is 0 Å². The topological polar surface area (TPSA) is 58.4 Å². The van der Waals surface area contributed by atoms with Gasteiger partial charge in [0, 0.05) is 6.54 Å². The summed E-state index contributed by atoms with van der Waals surface area (Å²) in [6.45, 7) is 5.95. The van der Waals surface area contributed by atoms with Crippen molar-refractivity contribution in [3.63, 3.8) is 0 Å². The summed E-state index contributed by atoms with van der Waals surface area (Å²) in [4.78, 5) is 13.7. The summed E-state index contributed by atoms with van der Waals surface area (Å²) < 4.78 is 0. The van der Waals surface area contributed by atoms with E-state index in [2.05, 4.69) is 38.2 Å². The highest BCUT2D eigenvalue weighted by molar-refractivity contribution is 5.81. The first-order valence-corrected chi connectivity index (χ1v) is 6.11. The second-order valence-corrected chi connectivity index (χ2v) is 5.04. The van der Waals surface area contributed by atoms with Gasteiger partial charge in [0.05, 0.1) is 6.04 Å². The van der Waals surface area contributed by atoms with E-state index >= 15 is 0 Å². The van der Waals surface area contributed by atoms with Gasteiger partial charge in [-0.2, -0.15) is 0 Å². The lowest BCUT2D eigenvalue weighted by molar-refractivity contribution is -0.122. The molecule has 0 aromatic carbocycles. The van der Waals surface area contributed by atoms with Crippen LogP contribution in [0.1, 0.15) is 33.1 Å². The van der Waals surface area contributed by atoms with Crippen LogP contribution in [0.25, 0.3) is 0 Å². The van der Waals surface area contributed by atoms with Crippen LogP contribution >= 0.6 is 0 Å². The number of unbranched alkanes of at least 4 members (excludes halogenated alkanes) is 1. The molecule has 0 aromatic heterocycles. The summed E-state index contributed by atoms with van der Waals surface area (Å²) in [5, 5.41) is 2.88. The summed E-state index contributed by atoms with van der Waals surface area (Å²) in [5.41, 5.74) is 5.76. The Kier molecular flexibility index (Phi) is 8.21. The van der Waals surface area contributed by atoms with Gasteiger partial charge in [-0.25, -0.2) is 0 Å². The molecule has 0 aliphatic rings. The van der Waals surface area contributed by atoms with Crippen LogP contribution < -0.4 is 11.1 Å². The Morgan fingerprint density at radius 3 is 2.44 bits per heavy atom. The van der Waals surface area contributed by atoms with Crippen molar-refractivity contribution in [2.75, 3.05) is 27.2 Å². The fourth-order valence-electron chi connectivity index (χ4n) is 1.51. The van der Waals surface area contributed by atoms with Crippen LogP contribution in [0, 0.1) is 5.92 Å². The number of nitrogens with zero attached hydrogens (tertiary/aromatic N) is 1. The van der Waals surface area contributed by atoms with Crippen molar-refractivity contribution in [2.24, 2.45) is 11.7 Å². The zero-order valence-corrected chi connectivity index (χ0v) is 11.1. The average Bonchev–Trinajstić information content (AvgIpc) is 2.15. The second kappa shape index (κ2) is 8.53. The summed E-state index contributed by atoms with van der Waals surface area (Å²) in [6.07, 6.45) is 2.87. The number of rotatable bonds is 8. The van der Waals surface area contributed by atoms with Gasteiger partial charge in [0.1, 0.15) is 0 Å². The van der Waals surface area contributed by atoms with Crippen LogP contribution in [-0.2, 0) is 4.79 Å². The first kappa shape index (κ1) is 15.4. The molecule has 0 unspecified atom stereocenters. The van der Waals surface area contributed by atoms with E-state index in [4.69, 9.17) is 5.73 Å². The Balaban J connectivity index is 3.50. The number of nitrogens with one attached hydrogen (secondary N) is 1. The lowest BCUT2D eigenvalue weighted by Gasteiger charge is -2.14. The molecule has 3 N–H and O–H groups in total. The summed E-state index contributed by atoms with van der Waals surface area (Å²) in [6, 6.07) is -0.353. The van der Waals surface area contributed by atoms with E-state index in [-0.39, 0.29) is 11.9 Å². The van der Waals surface area contributed by atoms with Crippen molar-refractivity contribution < 1.29 is 4.79 Å². The van der Waals surface area contributed by atoms with Crippen LogP contribution in [0.3, 0.4) is 0 Å². The van der Waals surface area contributed by atoms with Crippen molar-refractivity contribution in [2.45, 2.75) is 39.2 Å². The molecule has 0 heterocycles. The predicted molar refractivity (Wildman–Crippen MR) is 68.2 cm³/mol. The molecule has 0 radical (unpaired) electrons. The van der Waals surface area contributed by atoms with E-state index in [1.54, 1.807) is 0 Å². The Labute approximate surface area is 99.6 Å². The maximum absolute atomic E-state index is 11.5. The van der Waals surface area contributed by atoms with Gasteiger partial charge in [0.2, 0.25) is 5.91 Å². The van der Waals surface area contributed by atoms with Gasteiger partial charge >= 0.3 is 0 Å². The minimum Gasteiger partial charge on any atom is -0.355 e. The van der Waals surface area contributed by atoms with E-state index in [1.807, 2.05) is 0 Å². The summed E-state index contributed by atoms with van der Waals surface area (Å²) in [7, 11) is 4.11. The number of nitrogens with two attached hydrogens (primary N) is 1. The predicted octanol–water partition coefficient (Wildman–Crippen LogP) is 0.818. The zero-order chi connectivity index (χ0) is 12.6. The van der Waals surface area contributed by atoms with Crippen molar-refractivity contribution in [3.05, 3.63) is 0 Å². The number of hydrogen-bond acceptors (Lipinski definition) is 3. The molecule has 0 spiro atoms. The number of carbonyl (C=O) groups excluding carboxylic acids is 1. The van der Waals surface area contributed by atoms with Gasteiger partial charge in [-0.05, 0) is 45.8 Å². The van der Waals surface area contributed by atoms with Crippen molar-refractivity contribution in [1.82, 2.24) is 10.2 Å². The van der Waals surface area contributed by atoms with E-state index in [9.17, 15) is 4.79 Å². The molecule has 96 valence electrons. The van der Waals surface area contributed by atoms with Crippen LogP contribution in [0.5, 0.6) is 0 Å². The van der Waals surface area contributed by atoms with Gasteiger partial charge in [0.15, 0.2) is 0 Å². The van der Waals surface area contributed by atoms with E-state index in [0.717, 1.165) is 32.4 Å². The number of carbonyl (C=O) groups is 1. The fraction of sp³-hybridized carbons (Fsp3) is 0.917. The van der Waals surface area contributed by atoms with E-state index in [1.165, 1.54) is 0 Å². The maximum atomic E-state index is 11.5. The fourth-order valence-corrected chi connectivity index (χ4v) is 1.51. The molecule has 16 heavy (non-hydrogen) atoms. The number of amides is 1. The second-order valence-electron chi connectivity index (χ2n) is 5.04. The molecule has 0 aliphatic heterocycles. The first-order valence-electron chi connectivity index (χ1n) is 6.11. The Hall–Kier alpha value is -0.610. The molecule has 0 rings (SSSR count). The Morgan fingerprint density at radius 1 is 1.31 bits per heavy atom.